The average Bonchev–Trinajstić information content (AvgIpc) is 2.78. The normalized spacial score (nSPS) is 11.5. The van der Waals surface area contributed by atoms with E-state index < -0.39 is 18.6 Å². The third-order valence-corrected chi connectivity index (χ3v) is 2.92. The molecule has 0 aliphatic rings. The fourth-order valence-electron chi connectivity index (χ4n) is 1.80. The number of aromatic nitrogens is 2. The molecule has 2 aromatic heterocycles. The lowest BCUT2D eigenvalue weighted by Crippen LogP contribution is -2.23. The molecule has 4 nitrogen and oxygen atoms in total. The van der Waals surface area contributed by atoms with Gasteiger partial charge in [-0.3, -0.25) is 4.79 Å². The minimum absolute atomic E-state index is 0.0818. The van der Waals surface area contributed by atoms with Crippen LogP contribution in [0.25, 0.3) is 0 Å². The van der Waals surface area contributed by atoms with Gasteiger partial charge in [-0.05, 0) is 31.2 Å². The summed E-state index contributed by atoms with van der Waals surface area (Å²) >= 11 is 5.70. The number of amides is 1. The van der Waals surface area contributed by atoms with Crippen molar-refractivity contribution in [3.05, 3.63) is 47.0 Å². The molecule has 0 saturated carbocycles. The second kappa shape index (κ2) is 5.77. The number of hydrogen-bond acceptors (Lipinski definition) is 2. The van der Waals surface area contributed by atoms with Crippen molar-refractivity contribution in [2.75, 3.05) is 5.32 Å². The molecule has 2 heterocycles. The van der Waals surface area contributed by atoms with Gasteiger partial charge in [-0.15, -0.1) is 0 Å². The summed E-state index contributed by atoms with van der Waals surface area (Å²) < 4.78 is 38.1. The molecule has 2 rings (SSSR count). The number of nitrogens with one attached hydrogen (secondary N) is 1. The topological polar surface area (TPSA) is 46.9 Å². The van der Waals surface area contributed by atoms with Crippen LogP contribution in [0.2, 0.25) is 5.15 Å². The Balaban J connectivity index is 2.19. The summed E-state index contributed by atoms with van der Waals surface area (Å²) in [6, 6.07) is 5.73. The minimum atomic E-state index is -4.40. The van der Waals surface area contributed by atoms with Crippen LogP contribution in [0.1, 0.15) is 16.2 Å². The van der Waals surface area contributed by atoms with Crippen LogP contribution in [0.15, 0.2) is 30.5 Å². The highest BCUT2D eigenvalue weighted by Crippen LogP contribution is 2.20. The van der Waals surface area contributed by atoms with Gasteiger partial charge in [0.15, 0.2) is 0 Å². The van der Waals surface area contributed by atoms with Crippen molar-refractivity contribution in [1.82, 2.24) is 9.55 Å². The van der Waals surface area contributed by atoms with Gasteiger partial charge in [-0.2, -0.15) is 13.2 Å². The van der Waals surface area contributed by atoms with Gasteiger partial charge in [0, 0.05) is 6.20 Å². The van der Waals surface area contributed by atoms with Crippen LogP contribution < -0.4 is 5.32 Å². The Morgan fingerprint density at radius 2 is 2.10 bits per heavy atom. The molecule has 0 radical (unpaired) electrons. The molecule has 0 atom stereocenters. The van der Waals surface area contributed by atoms with Crippen LogP contribution in [0, 0.1) is 6.92 Å². The molecule has 0 aliphatic carbocycles. The van der Waals surface area contributed by atoms with Gasteiger partial charge < -0.3 is 9.88 Å². The maximum absolute atomic E-state index is 12.4. The number of carbonyl (C=O) groups is 1. The van der Waals surface area contributed by atoms with Crippen molar-refractivity contribution < 1.29 is 18.0 Å². The predicted molar refractivity (Wildman–Crippen MR) is 72.4 cm³/mol. The SMILES string of the molecule is Cc1nc(Cl)ccc1NC(=O)c1cccn1CC(F)(F)F. The summed E-state index contributed by atoms with van der Waals surface area (Å²) in [6.07, 6.45) is -3.19. The first kappa shape index (κ1) is 15.4. The van der Waals surface area contributed by atoms with E-state index in [9.17, 15) is 18.0 Å². The third kappa shape index (κ3) is 3.98. The molecule has 0 aliphatic heterocycles. The summed E-state index contributed by atoms with van der Waals surface area (Å²) in [4.78, 5) is 16.0. The molecule has 0 spiro atoms. The zero-order valence-electron chi connectivity index (χ0n) is 10.9. The van der Waals surface area contributed by atoms with Crippen LogP contribution in [0.4, 0.5) is 18.9 Å². The van der Waals surface area contributed by atoms with E-state index in [0.717, 1.165) is 4.57 Å². The molecule has 0 fully saturated rings. The number of hydrogen-bond donors (Lipinski definition) is 1. The van der Waals surface area contributed by atoms with Crippen LogP contribution >= 0.6 is 11.6 Å². The van der Waals surface area contributed by atoms with Crippen molar-refractivity contribution in [3.63, 3.8) is 0 Å². The van der Waals surface area contributed by atoms with Crippen molar-refractivity contribution in [3.8, 4) is 0 Å². The maximum Gasteiger partial charge on any atom is 0.406 e. The second-order valence-corrected chi connectivity index (χ2v) is 4.74. The summed E-state index contributed by atoms with van der Waals surface area (Å²) in [7, 11) is 0. The molecular formula is C13H11ClF3N3O. The Hall–Kier alpha value is -2.02. The lowest BCUT2D eigenvalue weighted by atomic mass is 10.3. The van der Waals surface area contributed by atoms with E-state index in [4.69, 9.17) is 11.6 Å². The van der Waals surface area contributed by atoms with Gasteiger partial charge in [0.1, 0.15) is 17.4 Å². The van der Waals surface area contributed by atoms with Crippen molar-refractivity contribution >= 4 is 23.2 Å². The third-order valence-electron chi connectivity index (χ3n) is 2.71. The lowest BCUT2D eigenvalue weighted by molar-refractivity contribution is -0.140. The van der Waals surface area contributed by atoms with E-state index in [1.165, 1.54) is 24.4 Å². The highest BCUT2D eigenvalue weighted by atomic mass is 35.5. The van der Waals surface area contributed by atoms with Crippen LogP contribution in [0.3, 0.4) is 0 Å². The lowest BCUT2D eigenvalue weighted by Gasteiger charge is -2.12. The molecule has 2 aromatic rings. The Bertz CT molecular complexity index is 667. The Kier molecular flexibility index (Phi) is 4.22. The maximum atomic E-state index is 12.4. The molecule has 1 amide bonds. The van der Waals surface area contributed by atoms with E-state index in [-0.39, 0.29) is 10.8 Å². The molecule has 8 heteroatoms. The Morgan fingerprint density at radius 1 is 1.38 bits per heavy atom. The van der Waals surface area contributed by atoms with Crippen LogP contribution in [-0.2, 0) is 6.54 Å². The summed E-state index contributed by atoms with van der Waals surface area (Å²) in [5.74, 6) is -0.642. The Labute approximate surface area is 123 Å². The summed E-state index contributed by atoms with van der Waals surface area (Å²) in [5, 5.41) is 2.79. The van der Waals surface area contributed by atoms with Gasteiger partial charge >= 0.3 is 6.18 Å². The monoisotopic (exact) mass is 317 g/mol. The quantitative estimate of drug-likeness (QED) is 0.878. The number of aryl methyl sites for hydroxylation is 1. The second-order valence-electron chi connectivity index (χ2n) is 4.36. The van der Waals surface area contributed by atoms with Gasteiger partial charge in [0.05, 0.1) is 11.4 Å². The van der Waals surface area contributed by atoms with Gasteiger partial charge in [-0.1, -0.05) is 11.6 Å². The molecule has 1 N–H and O–H groups in total. The molecule has 21 heavy (non-hydrogen) atoms. The number of anilines is 1. The molecular weight excluding hydrogens is 307 g/mol. The fraction of sp³-hybridized carbons (Fsp3) is 0.231. The molecule has 0 aromatic carbocycles. The van der Waals surface area contributed by atoms with E-state index in [0.29, 0.717) is 11.4 Å². The zero-order chi connectivity index (χ0) is 15.6. The first-order valence-corrected chi connectivity index (χ1v) is 6.30. The van der Waals surface area contributed by atoms with E-state index in [1.54, 1.807) is 13.0 Å². The molecule has 112 valence electrons. The average molecular weight is 318 g/mol. The first-order chi connectivity index (χ1) is 9.76. The fourth-order valence-corrected chi connectivity index (χ4v) is 1.99. The van der Waals surface area contributed by atoms with Gasteiger partial charge in [0.2, 0.25) is 0 Å². The highest BCUT2D eigenvalue weighted by Gasteiger charge is 2.29. The number of pyridine rings is 1. The van der Waals surface area contributed by atoms with Crippen molar-refractivity contribution in [1.29, 1.82) is 0 Å². The number of nitrogens with zero attached hydrogens (tertiary/aromatic N) is 2. The highest BCUT2D eigenvalue weighted by molar-refractivity contribution is 6.29. The van der Waals surface area contributed by atoms with E-state index >= 15 is 0 Å². The van der Waals surface area contributed by atoms with Crippen molar-refractivity contribution in [2.45, 2.75) is 19.6 Å². The van der Waals surface area contributed by atoms with Crippen LogP contribution in [0.5, 0.6) is 0 Å². The van der Waals surface area contributed by atoms with E-state index in [2.05, 4.69) is 10.3 Å². The standard InChI is InChI=1S/C13H11ClF3N3O/c1-8-9(4-5-11(14)18-8)19-12(21)10-3-2-6-20(10)7-13(15,16)17/h2-6H,7H2,1H3,(H,19,21). The molecule has 0 unspecified atom stereocenters. The largest absolute Gasteiger partial charge is 0.406 e. The minimum Gasteiger partial charge on any atom is -0.334 e. The van der Waals surface area contributed by atoms with E-state index in [1.807, 2.05) is 0 Å². The van der Waals surface area contributed by atoms with Gasteiger partial charge in [-0.25, -0.2) is 4.98 Å². The summed E-state index contributed by atoms with van der Waals surface area (Å²) in [5.41, 5.74) is 0.788. The number of rotatable bonds is 3. The zero-order valence-corrected chi connectivity index (χ0v) is 11.7. The van der Waals surface area contributed by atoms with Crippen LogP contribution in [-0.4, -0.2) is 21.6 Å². The van der Waals surface area contributed by atoms with Gasteiger partial charge in [0.25, 0.3) is 5.91 Å². The smallest absolute Gasteiger partial charge is 0.334 e. The predicted octanol–water partition coefficient (Wildman–Crippen LogP) is 3.66. The van der Waals surface area contributed by atoms with Crippen molar-refractivity contribution in [2.24, 2.45) is 0 Å². The summed E-state index contributed by atoms with van der Waals surface area (Å²) in [6.45, 7) is 0.414. The number of halogens is 4. The number of alkyl halides is 3. The first-order valence-electron chi connectivity index (χ1n) is 5.92. The Morgan fingerprint density at radius 3 is 2.71 bits per heavy atom. The molecule has 0 bridgehead atoms. The number of carbonyl (C=O) groups excluding carboxylic acids is 1. The molecule has 0 saturated heterocycles.